The summed E-state index contributed by atoms with van der Waals surface area (Å²) >= 11 is 3.42. The van der Waals surface area contributed by atoms with Crippen molar-refractivity contribution in [1.29, 1.82) is 0 Å². The first-order valence-electron chi connectivity index (χ1n) is 8.59. The zero-order chi connectivity index (χ0) is 19.1. The van der Waals surface area contributed by atoms with Gasteiger partial charge in [0.25, 0.3) is 0 Å². The zero-order valence-electron chi connectivity index (χ0n) is 15.1. The second-order valence-corrected chi connectivity index (χ2v) is 8.49. The largest absolute Gasteiger partial charge is 0.465 e. The van der Waals surface area contributed by atoms with Gasteiger partial charge in [0, 0.05) is 40.9 Å². The van der Waals surface area contributed by atoms with Crippen LogP contribution in [0.15, 0.2) is 47.2 Å². The maximum absolute atomic E-state index is 11.9. The molecule has 1 saturated heterocycles. The van der Waals surface area contributed by atoms with Gasteiger partial charge in [-0.3, -0.25) is 4.98 Å². The second-order valence-electron chi connectivity index (χ2n) is 7.58. The van der Waals surface area contributed by atoms with Crippen LogP contribution in [-0.2, 0) is 5.60 Å². The SMILES string of the molecule is CC(C)c1ccc(C(O)(c2cncc(Br)c2)C2(C)CN(C(=O)O)C2)cc1. The number of hydrogen-bond acceptors (Lipinski definition) is 3. The summed E-state index contributed by atoms with van der Waals surface area (Å²) in [4.78, 5) is 16.8. The van der Waals surface area contributed by atoms with E-state index in [0.29, 0.717) is 11.5 Å². The molecule has 1 fully saturated rings. The lowest BCUT2D eigenvalue weighted by molar-refractivity contribution is -0.124. The van der Waals surface area contributed by atoms with E-state index in [4.69, 9.17) is 0 Å². The Morgan fingerprint density at radius 1 is 1.23 bits per heavy atom. The maximum Gasteiger partial charge on any atom is 0.407 e. The lowest BCUT2D eigenvalue weighted by atomic mass is 9.62. The Morgan fingerprint density at radius 2 is 1.85 bits per heavy atom. The monoisotopic (exact) mass is 418 g/mol. The van der Waals surface area contributed by atoms with Crippen LogP contribution in [0.2, 0.25) is 0 Å². The molecule has 3 rings (SSSR count). The molecule has 0 radical (unpaired) electrons. The van der Waals surface area contributed by atoms with E-state index in [1.165, 1.54) is 10.5 Å². The molecule has 1 aromatic carbocycles. The fourth-order valence-corrected chi connectivity index (χ4v) is 4.11. The molecule has 26 heavy (non-hydrogen) atoms. The minimum absolute atomic E-state index is 0.261. The van der Waals surface area contributed by atoms with Crippen LogP contribution in [0.1, 0.15) is 43.4 Å². The molecule has 1 aliphatic rings. The topological polar surface area (TPSA) is 73.7 Å². The molecular formula is C20H23BrN2O3. The summed E-state index contributed by atoms with van der Waals surface area (Å²) < 4.78 is 0.769. The van der Waals surface area contributed by atoms with Crippen LogP contribution in [0, 0.1) is 5.41 Å². The molecule has 0 saturated carbocycles. The predicted molar refractivity (Wildman–Crippen MR) is 103 cm³/mol. The number of pyridine rings is 1. The van der Waals surface area contributed by atoms with Crippen molar-refractivity contribution in [3.05, 3.63) is 63.9 Å². The molecule has 0 bridgehead atoms. The number of hydrogen-bond donors (Lipinski definition) is 2. The molecule has 2 aromatic rings. The third-order valence-corrected chi connectivity index (χ3v) is 5.78. The summed E-state index contributed by atoms with van der Waals surface area (Å²) in [7, 11) is 0. The van der Waals surface area contributed by atoms with Gasteiger partial charge < -0.3 is 15.1 Å². The minimum atomic E-state index is -1.34. The number of amides is 1. The molecule has 0 aliphatic carbocycles. The highest BCUT2D eigenvalue weighted by molar-refractivity contribution is 9.10. The van der Waals surface area contributed by atoms with Gasteiger partial charge in [-0.2, -0.15) is 0 Å². The molecule has 1 aromatic heterocycles. The number of benzene rings is 1. The van der Waals surface area contributed by atoms with E-state index in [9.17, 15) is 15.0 Å². The first kappa shape index (κ1) is 18.9. The van der Waals surface area contributed by atoms with Gasteiger partial charge in [0.1, 0.15) is 5.60 Å². The quantitative estimate of drug-likeness (QED) is 0.779. The van der Waals surface area contributed by atoms with Crippen molar-refractivity contribution < 1.29 is 15.0 Å². The van der Waals surface area contributed by atoms with E-state index in [2.05, 4.69) is 34.8 Å². The average Bonchev–Trinajstić information content (AvgIpc) is 2.58. The Labute approximate surface area is 161 Å². The maximum atomic E-state index is 11.9. The van der Waals surface area contributed by atoms with Crippen LogP contribution in [0.25, 0.3) is 0 Å². The summed E-state index contributed by atoms with van der Waals surface area (Å²) in [5.74, 6) is 0.395. The summed E-state index contributed by atoms with van der Waals surface area (Å²) in [5, 5.41) is 21.1. The van der Waals surface area contributed by atoms with Crippen molar-refractivity contribution in [2.45, 2.75) is 32.3 Å². The van der Waals surface area contributed by atoms with Crippen molar-refractivity contribution in [2.24, 2.45) is 5.41 Å². The molecule has 5 nitrogen and oxygen atoms in total. The van der Waals surface area contributed by atoms with E-state index in [1.807, 2.05) is 37.3 Å². The van der Waals surface area contributed by atoms with Crippen molar-refractivity contribution in [3.63, 3.8) is 0 Å². The van der Waals surface area contributed by atoms with Gasteiger partial charge >= 0.3 is 6.09 Å². The van der Waals surface area contributed by atoms with Crippen molar-refractivity contribution >= 4 is 22.0 Å². The first-order chi connectivity index (χ1) is 12.2. The highest BCUT2D eigenvalue weighted by Crippen LogP contribution is 2.50. The van der Waals surface area contributed by atoms with Gasteiger partial charge in [0.05, 0.1) is 0 Å². The third kappa shape index (κ3) is 3.01. The van der Waals surface area contributed by atoms with Crippen LogP contribution in [0.3, 0.4) is 0 Å². The van der Waals surface area contributed by atoms with Gasteiger partial charge in [-0.15, -0.1) is 0 Å². The number of aliphatic hydroxyl groups is 1. The van der Waals surface area contributed by atoms with Gasteiger partial charge in [0.2, 0.25) is 0 Å². The van der Waals surface area contributed by atoms with Crippen LogP contribution >= 0.6 is 15.9 Å². The highest BCUT2D eigenvalue weighted by atomic mass is 79.9. The number of aromatic nitrogens is 1. The summed E-state index contributed by atoms with van der Waals surface area (Å²) in [6.45, 7) is 6.69. The number of carboxylic acid groups (broad SMARTS) is 1. The predicted octanol–water partition coefficient (Wildman–Crippen LogP) is 4.20. The van der Waals surface area contributed by atoms with E-state index in [0.717, 1.165) is 10.0 Å². The van der Waals surface area contributed by atoms with E-state index < -0.39 is 17.1 Å². The molecule has 1 atom stereocenters. The van der Waals surface area contributed by atoms with Gasteiger partial charge in [0.15, 0.2) is 0 Å². The smallest absolute Gasteiger partial charge is 0.407 e. The third-order valence-electron chi connectivity index (χ3n) is 5.34. The summed E-state index contributed by atoms with van der Waals surface area (Å²) in [6.07, 6.45) is 2.35. The second kappa shape index (κ2) is 6.67. The van der Waals surface area contributed by atoms with E-state index in [-0.39, 0.29) is 13.1 Å². The fraction of sp³-hybridized carbons (Fsp3) is 0.400. The standard InChI is InChI=1S/C20H23BrN2O3/c1-13(2)14-4-6-15(7-5-14)20(26,16-8-17(21)10-22-9-16)19(3)11-23(12-19)18(24)25/h4-10,13,26H,11-12H2,1-3H3,(H,24,25). The number of rotatable bonds is 4. The average molecular weight is 419 g/mol. The Balaban J connectivity index is 2.09. The van der Waals surface area contributed by atoms with E-state index >= 15 is 0 Å². The number of carbonyl (C=O) groups is 1. The van der Waals surface area contributed by atoms with Crippen molar-refractivity contribution in [1.82, 2.24) is 9.88 Å². The Morgan fingerprint density at radius 3 is 2.35 bits per heavy atom. The molecular weight excluding hydrogens is 396 g/mol. The normalized spacial score (nSPS) is 18.3. The first-order valence-corrected chi connectivity index (χ1v) is 9.38. The fourth-order valence-electron chi connectivity index (χ4n) is 3.74. The number of halogens is 1. The Bertz CT molecular complexity index is 816. The van der Waals surface area contributed by atoms with Crippen molar-refractivity contribution in [3.8, 4) is 0 Å². The molecule has 138 valence electrons. The lowest BCUT2D eigenvalue weighted by Crippen LogP contribution is -2.66. The minimum Gasteiger partial charge on any atom is -0.465 e. The van der Waals surface area contributed by atoms with E-state index in [1.54, 1.807) is 12.4 Å². The molecule has 1 amide bonds. The zero-order valence-corrected chi connectivity index (χ0v) is 16.7. The summed E-state index contributed by atoms with van der Waals surface area (Å²) in [6, 6.07) is 9.76. The molecule has 2 N–H and O–H groups in total. The molecule has 1 aliphatic heterocycles. The molecule has 2 heterocycles. The number of nitrogens with zero attached hydrogens (tertiary/aromatic N) is 2. The molecule has 0 spiro atoms. The van der Waals surface area contributed by atoms with Crippen LogP contribution in [0.5, 0.6) is 0 Å². The molecule has 6 heteroatoms. The van der Waals surface area contributed by atoms with Crippen LogP contribution < -0.4 is 0 Å². The van der Waals surface area contributed by atoms with Crippen molar-refractivity contribution in [2.75, 3.05) is 13.1 Å². The lowest BCUT2D eigenvalue weighted by Gasteiger charge is -2.55. The molecule has 1 unspecified atom stereocenters. The van der Waals surface area contributed by atoms with Gasteiger partial charge in [-0.1, -0.05) is 45.0 Å². The Kier molecular flexibility index (Phi) is 4.84. The van der Waals surface area contributed by atoms with Crippen LogP contribution in [-0.4, -0.2) is 39.3 Å². The highest BCUT2D eigenvalue weighted by Gasteiger charge is 2.57. The van der Waals surface area contributed by atoms with Gasteiger partial charge in [-0.25, -0.2) is 4.79 Å². The van der Waals surface area contributed by atoms with Crippen LogP contribution in [0.4, 0.5) is 4.79 Å². The van der Waals surface area contributed by atoms with Gasteiger partial charge in [-0.05, 0) is 39.0 Å². The number of likely N-dealkylation sites (tertiary alicyclic amines) is 1. The summed E-state index contributed by atoms with van der Waals surface area (Å²) in [5.41, 5.74) is 0.596. The Hall–Kier alpha value is -1.92.